The van der Waals surface area contributed by atoms with Gasteiger partial charge in [-0.3, -0.25) is 10.2 Å². The molecule has 2 aromatic carbocycles. The van der Waals surface area contributed by atoms with Crippen molar-refractivity contribution in [3.05, 3.63) is 65.2 Å². The molecule has 0 radical (unpaired) electrons. The molecule has 9 nitrogen and oxygen atoms in total. The number of hydrogen-bond acceptors (Lipinski definition) is 7. The minimum Gasteiger partial charge on any atom is -0.467 e. The zero-order chi connectivity index (χ0) is 29.7. The van der Waals surface area contributed by atoms with Crippen LogP contribution in [0.1, 0.15) is 63.1 Å². The molecule has 4 rings (SSSR count). The second-order valence-corrected chi connectivity index (χ2v) is 11.6. The first kappa shape index (κ1) is 30.0. The molecule has 0 aromatic heterocycles. The number of nitrogens with zero attached hydrogens (tertiary/aromatic N) is 1. The van der Waals surface area contributed by atoms with Gasteiger partial charge in [0.05, 0.1) is 25.5 Å². The number of likely N-dealkylation sites (tertiary alicyclic amines) is 1. The van der Waals surface area contributed by atoms with E-state index < -0.39 is 41.6 Å². The third-order valence-electron chi connectivity index (χ3n) is 7.52. The number of rotatable bonds is 9. The van der Waals surface area contributed by atoms with Crippen molar-refractivity contribution >= 4 is 29.8 Å². The van der Waals surface area contributed by atoms with Crippen molar-refractivity contribution in [2.24, 2.45) is 5.41 Å². The van der Waals surface area contributed by atoms with Crippen LogP contribution in [0.2, 0.25) is 0 Å². The third-order valence-corrected chi connectivity index (χ3v) is 7.52. The third kappa shape index (κ3) is 6.85. The molecule has 2 amide bonds. The first-order valence-electron chi connectivity index (χ1n) is 14.0. The number of allylic oxidation sites excluding steroid dienone is 1. The standard InChI is InChI=1S/C32H39N3O6/c1-32(2,3)28(29(37)35-19-21(36)18-26(35)30(38)40-4)34-31(39)41-16-10-6-5-7-11-20-14-15-23-22-12-8-9-13-24(22)27(33)25(23)17-20/h7-9,11-15,17,21,26,28,33,36H,5-6,10,16,18-19H2,1-4H3,(H,34,39)/b11-7+,33-27?/t21-,26+,28-/m1/s1. The van der Waals surface area contributed by atoms with Crippen LogP contribution < -0.4 is 5.32 Å². The Morgan fingerprint density at radius 3 is 2.51 bits per heavy atom. The first-order chi connectivity index (χ1) is 19.5. The maximum Gasteiger partial charge on any atom is 0.407 e. The van der Waals surface area contributed by atoms with Crippen LogP contribution in [0.15, 0.2) is 48.5 Å². The fourth-order valence-electron chi connectivity index (χ4n) is 5.33. The van der Waals surface area contributed by atoms with Gasteiger partial charge in [0.1, 0.15) is 12.1 Å². The number of unbranched alkanes of at least 4 members (excludes halogenated alkanes) is 2. The van der Waals surface area contributed by atoms with Crippen LogP contribution in [-0.2, 0) is 19.1 Å². The van der Waals surface area contributed by atoms with E-state index in [0.29, 0.717) is 12.1 Å². The highest BCUT2D eigenvalue weighted by Gasteiger charge is 2.45. The Morgan fingerprint density at radius 1 is 1.10 bits per heavy atom. The van der Waals surface area contributed by atoms with Crippen LogP contribution in [0.3, 0.4) is 0 Å². The van der Waals surface area contributed by atoms with Crippen molar-refractivity contribution in [3.8, 4) is 11.1 Å². The molecule has 1 aliphatic heterocycles. The molecule has 2 aromatic rings. The van der Waals surface area contributed by atoms with Crippen molar-refractivity contribution in [1.82, 2.24) is 10.2 Å². The number of alkyl carbamates (subject to hydrolysis) is 1. The Kier molecular flexibility index (Phi) is 9.28. The van der Waals surface area contributed by atoms with Gasteiger partial charge < -0.3 is 24.8 Å². The van der Waals surface area contributed by atoms with Crippen molar-refractivity contribution in [3.63, 3.8) is 0 Å². The molecule has 218 valence electrons. The smallest absolute Gasteiger partial charge is 0.407 e. The predicted octanol–water partition coefficient (Wildman–Crippen LogP) is 4.54. The number of esters is 1. The van der Waals surface area contributed by atoms with Crippen LogP contribution in [0.25, 0.3) is 17.2 Å². The van der Waals surface area contributed by atoms with Crippen LogP contribution in [0.5, 0.6) is 0 Å². The van der Waals surface area contributed by atoms with Gasteiger partial charge >= 0.3 is 12.1 Å². The lowest BCUT2D eigenvalue weighted by molar-refractivity contribution is -0.152. The normalized spacial score (nSPS) is 18.7. The summed E-state index contributed by atoms with van der Waals surface area (Å²) in [6, 6.07) is 12.3. The number of β-amino-alcohol motifs (C(OH)–C–C–N with tert-alkyl or cyclic N) is 1. The minimum absolute atomic E-state index is 0.00291. The number of benzene rings is 2. The Bertz CT molecular complexity index is 1350. The molecule has 0 saturated carbocycles. The molecule has 1 saturated heterocycles. The number of nitrogens with one attached hydrogen (secondary N) is 2. The zero-order valence-corrected chi connectivity index (χ0v) is 24.1. The summed E-state index contributed by atoms with van der Waals surface area (Å²) in [7, 11) is 1.24. The van der Waals surface area contributed by atoms with E-state index >= 15 is 0 Å². The molecule has 3 N–H and O–H groups in total. The number of amides is 2. The summed E-state index contributed by atoms with van der Waals surface area (Å²) in [5.41, 5.74) is 5.04. The van der Waals surface area contributed by atoms with Gasteiger partial charge in [0.15, 0.2) is 0 Å². The summed E-state index contributed by atoms with van der Waals surface area (Å²) in [6.07, 6.45) is 4.93. The number of carbonyl (C=O) groups is 3. The molecule has 1 fully saturated rings. The summed E-state index contributed by atoms with van der Waals surface area (Å²) in [6.45, 7) is 5.63. The first-order valence-corrected chi connectivity index (χ1v) is 14.0. The minimum atomic E-state index is -0.947. The van der Waals surface area contributed by atoms with E-state index in [1.165, 1.54) is 12.0 Å². The number of aliphatic hydroxyl groups is 1. The average molecular weight is 562 g/mol. The zero-order valence-electron chi connectivity index (χ0n) is 24.1. The van der Waals surface area contributed by atoms with Crippen LogP contribution >= 0.6 is 0 Å². The Labute approximate surface area is 241 Å². The van der Waals surface area contributed by atoms with Crippen molar-refractivity contribution in [2.75, 3.05) is 20.3 Å². The quantitative estimate of drug-likeness (QED) is 0.260. The monoisotopic (exact) mass is 561 g/mol. The van der Waals surface area contributed by atoms with E-state index in [4.69, 9.17) is 14.9 Å². The number of methoxy groups -OCH3 is 1. The number of carbonyl (C=O) groups excluding carboxylic acids is 3. The molecule has 41 heavy (non-hydrogen) atoms. The summed E-state index contributed by atoms with van der Waals surface area (Å²) in [4.78, 5) is 39.3. The molecule has 0 unspecified atom stereocenters. The summed E-state index contributed by atoms with van der Waals surface area (Å²) < 4.78 is 10.1. The Hall–Kier alpha value is -3.98. The van der Waals surface area contributed by atoms with Crippen molar-refractivity contribution in [2.45, 2.75) is 64.6 Å². The van der Waals surface area contributed by atoms with Crippen molar-refractivity contribution in [1.29, 1.82) is 5.41 Å². The van der Waals surface area contributed by atoms with Gasteiger partial charge in [-0.1, -0.05) is 69.3 Å². The highest BCUT2D eigenvalue weighted by molar-refractivity contribution is 6.23. The van der Waals surface area contributed by atoms with E-state index in [1.807, 2.05) is 57.2 Å². The molecule has 3 atom stereocenters. The molecular weight excluding hydrogens is 522 g/mol. The number of hydrogen-bond donors (Lipinski definition) is 3. The number of aliphatic hydroxyl groups excluding tert-OH is 1. The average Bonchev–Trinajstić information content (AvgIpc) is 3.47. The summed E-state index contributed by atoms with van der Waals surface area (Å²) in [5, 5.41) is 21.2. The van der Waals surface area contributed by atoms with E-state index in [1.54, 1.807) is 0 Å². The molecular formula is C32H39N3O6. The van der Waals surface area contributed by atoms with E-state index in [2.05, 4.69) is 23.5 Å². The van der Waals surface area contributed by atoms with Gasteiger partial charge in [-0.2, -0.15) is 0 Å². The highest BCUT2D eigenvalue weighted by Crippen LogP contribution is 2.37. The van der Waals surface area contributed by atoms with E-state index in [0.717, 1.165) is 40.7 Å². The molecule has 9 heteroatoms. The SMILES string of the molecule is COC(=O)[C@@H]1C[C@@H](O)CN1C(=O)[C@@H](NC(=O)OCCCC/C=C/c1ccc2c(c1)C(=N)c1ccccc1-2)C(C)(C)C. The highest BCUT2D eigenvalue weighted by atomic mass is 16.5. The Morgan fingerprint density at radius 2 is 1.80 bits per heavy atom. The van der Waals surface area contributed by atoms with E-state index in [9.17, 15) is 19.5 Å². The largest absolute Gasteiger partial charge is 0.467 e. The number of fused-ring (bicyclic) bond motifs is 3. The van der Waals surface area contributed by atoms with Gasteiger partial charge in [0.25, 0.3) is 0 Å². The van der Waals surface area contributed by atoms with Gasteiger partial charge in [-0.05, 0) is 47.4 Å². The summed E-state index contributed by atoms with van der Waals surface area (Å²) >= 11 is 0. The second kappa shape index (κ2) is 12.7. The van der Waals surface area contributed by atoms with Crippen LogP contribution in [-0.4, -0.2) is 72.1 Å². The lowest BCUT2D eigenvalue weighted by atomic mass is 9.85. The van der Waals surface area contributed by atoms with Crippen LogP contribution in [0.4, 0.5) is 4.79 Å². The number of ether oxygens (including phenoxy) is 2. The maximum atomic E-state index is 13.3. The van der Waals surface area contributed by atoms with Crippen LogP contribution in [0, 0.1) is 10.8 Å². The molecule has 1 heterocycles. The molecule has 2 aliphatic rings. The fraction of sp³-hybridized carbons (Fsp3) is 0.438. The van der Waals surface area contributed by atoms with Gasteiger partial charge in [-0.15, -0.1) is 0 Å². The van der Waals surface area contributed by atoms with Gasteiger partial charge in [-0.25, -0.2) is 9.59 Å². The lowest BCUT2D eigenvalue weighted by Crippen LogP contribution is -2.57. The van der Waals surface area contributed by atoms with Crippen molar-refractivity contribution < 1.29 is 29.0 Å². The lowest BCUT2D eigenvalue weighted by Gasteiger charge is -2.34. The topological polar surface area (TPSA) is 129 Å². The molecule has 0 bridgehead atoms. The second-order valence-electron chi connectivity index (χ2n) is 11.6. The van der Waals surface area contributed by atoms with Gasteiger partial charge in [0.2, 0.25) is 5.91 Å². The van der Waals surface area contributed by atoms with E-state index in [-0.39, 0.29) is 19.6 Å². The van der Waals surface area contributed by atoms with Gasteiger partial charge in [0, 0.05) is 24.1 Å². The summed E-state index contributed by atoms with van der Waals surface area (Å²) in [5.74, 6) is -1.06. The predicted molar refractivity (Wildman–Crippen MR) is 157 cm³/mol. The molecule has 0 spiro atoms. The Balaban J connectivity index is 1.23. The fourth-order valence-corrected chi connectivity index (χ4v) is 5.33. The maximum absolute atomic E-state index is 13.3. The molecule has 1 aliphatic carbocycles.